The Labute approximate surface area is 118 Å². The molecule has 106 valence electrons. The second-order valence-electron chi connectivity index (χ2n) is 5.85. The van der Waals surface area contributed by atoms with Crippen LogP contribution in [-0.2, 0) is 17.7 Å². The number of nitrogens with zero attached hydrogens (tertiary/aromatic N) is 3. The molecule has 1 aliphatic heterocycles. The van der Waals surface area contributed by atoms with Gasteiger partial charge in [-0.25, -0.2) is 0 Å². The van der Waals surface area contributed by atoms with E-state index in [2.05, 4.69) is 17.2 Å². The lowest BCUT2D eigenvalue weighted by Crippen LogP contribution is -2.43. The van der Waals surface area contributed by atoms with Crippen LogP contribution in [0.3, 0.4) is 0 Å². The lowest BCUT2D eigenvalue weighted by molar-refractivity contribution is -0.111. The van der Waals surface area contributed by atoms with Crippen molar-refractivity contribution in [2.24, 2.45) is 5.41 Å². The highest BCUT2D eigenvalue weighted by molar-refractivity contribution is 5.17. The third kappa shape index (κ3) is 2.89. The number of benzene rings is 1. The van der Waals surface area contributed by atoms with Gasteiger partial charge in [0.05, 0.1) is 26.0 Å². The first-order chi connectivity index (χ1) is 9.65. The molecule has 1 aromatic heterocycles. The van der Waals surface area contributed by atoms with E-state index >= 15 is 0 Å². The Balaban J connectivity index is 1.64. The minimum atomic E-state index is -0.614. The molecule has 0 bridgehead atoms. The summed E-state index contributed by atoms with van der Waals surface area (Å²) >= 11 is 0. The zero-order valence-electron chi connectivity index (χ0n) is 11.6. The average molecular weight is 273 g/mol. The summed E-state index contributed by atoms with van der Waals surface area (Å²) < 4.78 is 7.03. The maximum Gasteiger partial charge on any atom is 0.112 e. The molecule has 0 amide bonds. The molecule has 1 saturated heterocycles. The summed E-state index contributed by atoms with van der Waals surface area (Å²) in [6, 6.07) is 9.90. The molecule has 3 rings (SSSR count). The van der Waals surface area contributed by atoms with Crippen LogP contribution in [0.4, 0.5) is 0 Å². The Hall–Kier alpha value is -1.72. The number of hydrogen-bond donors (Lipinski definition) is 1. The highest BCUT2D eigenvalue weighted by Gasteiger charge is 2.34. The summed E-state index contributed by atoms with van der Waals surface area (Å²) in [5, 5.41) is 18.4. The molecule has 5 heteroatoms. The Morgan fingerprint density at radius 2 is 2.10 bits per heavy atom. The Bertz CT molecular complexity index is 564. The van der Waals surface area contributed by atoms with Crippen LogP contribution in [-0.4, -0.2) is 33.3 Å². The number of aromatic nitrogens is 3. The number of aliphatic hydroxyl groups excluding tert-OH is 1. The van der Waals surface area contributed by atoms with Gasteiger partial charge in [-0.1, -0.05) is 42.5 Å². The Kier molecular flexibility index (Phi) is 3.54. The van der Waals surface area contributed by atoms with Gasteiger partial charge in [-0.3, -0.25) is 4.68 Å². The van der Waals surface area contributed by atoms with E-state index in [4.69, 9.17) is 4.74 Å². The predicted octanol–water partition coefficient (Wildman–Crippen LogP) is 1.59. The topological polar surface area (TPSA) is 60.2 Å². The van der Waals surface area contributed by atoms with Gasteiger partial charge in [-0.15, -0.1) is 5.10 Å². The van der Waals surface area contributed by atoms with Crippen LogP contribution in [0.2, 0.25) is 0 Å². The summed E-state index contributed by atoms with van der Waals surface area (Å²) in [5.74, 6) is 0. The van der Waals surface area contributed by atoms with E-state index in [9.17, 15) is 5.11 Å². The molecule has 1 unspecified atom stereocenters. The van der Waals surface area contributed by atoms with Gasteiger partial charge in [0.15, 0.2) is 0 Å². The molecule has 1 aliphatic rings. The fourth-order valence-corrected chi connectivity index (χ4v) is 2.42. The van der Waals surface area contributed by atoms with Crippen LogP contribution in [0.5, 0.6) is 0 Å². The molecule has 20 heavy (non-hydrogen) atoms. The lowest BCUT2D eigenvalue weighted by Gasteiger charge is -2.37. The van der Waals surface area contributed by atoms with Gasteiger partial charge in [-0.2, -0.15) is 0 Å². The Morgan fingerprint density at radius 3 is 2.75 bits per heavy atom. The van der Waals surface area contributed by atoms with Gasteiger partial charge in [-0.05, 0) is 5.56 Å². The quantitative estimate of drug-likeness (QED) is 0.898. The average Bonchev–Trinajstić information content (AvgIpc) is 2.86. The van der Waals surface area contributed by atoms with Crippen LogP contribution in [0.15, 0.2) is 36.5 Å². The van der Waals surface area contributed by atoms with E-state index in [1.165, 1.54) is 0 Å². The van der Waals surface area contributed by atoms with Crippen molar-refractivity contribution in [3.05, 3.63) is 47.8 Å². The molecule has 1 atom stereocenters. The van der Waals surface area contributed by atoms with Crippen molar-refractivity contribution in [2.75, 3.05) is 13.2 Å². The van der Waals surface area contributed by atoms with Crippen molar-refractivity contribution in [1.29, 1.82) is 0 Å². The molecule has 0 spiro atoms. The highest BCUT2D eigenvalue weighted by atomic mass is 16.5. The van der Waals surface area contributed by atoms with Crippen LogP contribution in [0.1, 0.15) is 24.3 Å². The van der Waals surface area contributed by atoms with Gasteiger partial charge in [0.1, 0.15) is 11.8 Å². The fourth-order valence-electron chi connectivity index (χ4n) is 2.42. The van der Waals surface area contributed by atoms with Gasteiger partial charge in [0, 0.05) is 11.8 Å². The molecular formula is C15H19N3O2. The first-order valence-electron chi connectivity index (χ1n) is 6.84. The minimum Gasteiger partial charge on any atom is -0.386 e. The van der Waals surface area contributed by atoms with Crippen molar-refractivity contribution in [3.63, 3.8) is 0 Å². The maximum absolute atomic E-state index is 10.2. The first-order valence-corrected chi connectivity index (χ1v) is 6.84. The van der Waals surface area contributed by atoms with Crippen LogP contribution >= 0.6 is 0 Å². The van der Waals surface area contributed by atoms with E-state index < -0.39 is 6.10 Å². The molecule has 2 heterocycles. The van der Waals surface area contributed by atoms with Gasteiger partial charge in [0.2, 0.25) is 0 Å². The molecule has 1 fully saturated rings. The van der Waals surface area contributed by atoms with Crippen LogP contribution in [0.25, 0.3) is 0 Å². The van der Waals surface area contributed by atoms with Gasteiger partial charge in [0.25, 0.3) is 0 Å². The SMILES string of the molecule is CC1(Cn2cc(C(O)Cc3ccccc3)nn2)COC1. The lowest BCUT2D eigenvalue weighted by atomic mass is 9.89. The summed E-state index contributed by atoms with van der Waals surface area (Å²) in [7, 11) is 0. The molecule has 0 radical (unpaired) electrons. The molecule has 0 saturated carbocycles. The largest absolute Gasteiger partial charge is 0.386 e. The van der Waals surface area contributed by atoms with Crippen molar-refractivity contribution >= 4 is 0 Å². The monoisotopic (exact) mass is 273 g/mol. The van der Waals surface area contributed by atoms with E-state index in [1.54, 1.807) is 4.68 Å². The van der Waals surface area contributed by atoms with Crippen molar-refractivity contribution in [3.8, 4) is 0 Å². The summed E-state index contributed by atoms with van der Waals surface area (Å²) in [5.41, 5.74) is 1.86. The predicted molar refractivity (Wildman–Crippen MR) is 74.1 cm³/mol. The number of rotatable bonds is 5. The smallest absolute Gasteiger partial charge is 0.112 e. The number of ether oxygens (including phenoxy) is 1. The third-order valence-corrected chi connectivity index (χ3v) is 3.61. The van der Waals surface area contributed by atoms with E-state index in [0.29, 0.717) is 12.1 Å². The fraction of sp³-hybridized carbons (Fsp3) is 0.467. The summed E-state index contributed by atoms with van der Waals surface area (Å²) in [6.07, 6.45) is 1.77. The minimum absolute atomic E-state index is 0.148. The summed E-state index contributed by atoms with van der Waals surface area (Å²) in [6.45, 7) is 4.46. The zero-order chi connectivity index (χ0) is 14.0. The summed E-state index contributed by atoms with van der Waals surface area (Å²) in [4.78, 5) is 0. The van der Waals surface area contributed by atoms with Gasteiger partial charge < -0.3 is 9.84 Å². The third-order valence-electron chi connectivity index (χ3n) is 3.61. The zero-order valence-corrected chi connectivity index (χ0v) is 11.6. The standard InChI is InChI=1S/C15H19N3O2/c1-15(10-20-11-15)9-18-8-13(16-17-18)14(19)7-12-5-3-2-4-6-12/h2-6,8,14,19H,7,9-11H2,1H3. The number of hydrogen-bond acceptors (Lipinski definition) is 4. The maximum atomic E-state index is 10.2. The normalized spacial score (nSPS) is 18.5. The van der Waals surface area contributed by atoms with E-state index in [-0.39, 0.29) is 5.41 Å². The molecule has 5 nitrogen and oxygen atoms in total. The van der Waals surface area contributed by atoms with E-state index in [0.717, 1.165) is 25.3 Å². The van der Waals surface area contributed by atoms with Crippen molar-refractivity contribution in [2.45, 2.75) is 26.0 Å². The molecule has 0 aliphatic carbocycles. The van der Waals surface area contributed by atoms with Gasteiger partial charge >= 0.3 is 0 Å². The first kappa shape index (κ1) is 13.3. The van der Waals surface area contributed by atoms with Crippen LogP contribution in [0, 0.1) is 5.41 Å². The van der Waals surface area contributed by atoms with E-state index in [1.807, 2.05) is 36.5 Å². The molecular weight excluding hydrogens is 254 g/mol. The molecule has 1 N–H and O–H groups in total. The highest BCUT2D eigenvalue weighted by Crippen LogP contribution is 2.28. The molecule has 2 aromatic rings. The van der Waals surface area contributed by atoms with Crippen LogP contribution < -0.4 is 0 Å². The second-order valence-corrected chi connectivity index (χ2v) is 5.85. The second kappa shape index (κ2) is 5.34. The number of aliphatic hydroxyl groups is 1. The molecule has 1 aromatic carbocycles. The Morgan fingerprint density at radius 1 is 1.35 bits per heavy atom. The van der Waals surface area contributed by atoms with Crippen molar-refractivity contribution in [1.82, 2.24) is 15.0 Å². The van der Waals surface area contributed by atoms with Crippen molar-refractivity contribution < 1.29 is 9.84 Å².